The maximum Gasteiger partial charge on any atom is 0.406 e. The first kappa shape index (κ1) is 53.6. The first-order valence-electron chi connectivity index (χ1n) is 23.2. The van der Waals surface area contributed by atoms with Crippen molar-refractivity contribution < 1.29 is 55.8 Å². The molecule has 4 aromatic heterocycles. The SMILES string of the molecule is CC(C)C(=O)Nc1nc2c(ncn2[C@@H]2O[C@@H]3COP(=O)(OCCC#N)N[C@H]4[C@@H](O[Si](C)(C)C(C)(C)C)[C@H](n5cnc6c(NC(=O)c7ccccc7)ncnc65)O[C@@H]4COP(=O)(OCCC#N)N[C@H]3[C@H]2O)c(=O)[nH]1. The van der Waals surface area contributed by atoms with E-state index in [-0.39, 0.29) is 53.5 Å². The second-order valence-electron chi connectivity index (χ2n) is 19.1. The van der Waals surface area contributed by atoms with Gasteiger partial charge in [-0.1, -0.05) is 52.8 Å². The fraction of sp³-hybridized carbons (Fsp3) is 0.535. The highest BCUT2D eigenvalue weighted by Gasteiger charge is 2.56. The minimum Gasteiger partial charge on any atom is -0.408 e. The van der Waals surface area contributed by atoms with E-state index >= 15 is 9.13 Å². The van der Waals surface area contributed by atoms with Gasteiger partial charge in [-0.05, 0) is 30.3 Å². The zero-order valence-corrected chi connectivity index (χ0v) is 43.6. The number of amides is 2. The molecule has 0 spiro atoms. The predicted molar refractivity (Wildman–Crippen MR) is 261 cm³/mol. The lowest BCUT2D eigenvalue weighted by atomic mass is 10.1. The number of imidazole rings is 2. The fourth-order valence-electron chi connectivity index (χ4n) is 7.86. The molecule has 2 unspecified atom stereocenters. The topological polar surface area (TPSA) is 356 Å². The lowest BCUT2D eigenvalue weighted by molar-refractivity contribution is -0.118. The third-order valence-corrected chi connectivity index (χ3v) is 20.4. The number of aliphatic hydroxyl groups excluding tert-OH is 1. The number of aromatic nitrogens is 8. The molecule has 10 atom stereocenters. The van der Waals surface area contributed by atoms with E-state index in [0.717, 1.165) is 0 Å². The summed E-state index contributed by atoms with van der Waals surface area (Å²) in [5.74, 6) is -1.47. The second kappa shape index (κ2) is 21.6. The zero-order chi connectivity index (χ0) is 52.5. The molecule has 73 heavy (non-hydrogen) atoms. The number of benzene rings is 1. The number of nitrogens with zero attached hydrogens (tertiary/aromatic N) is 9. The van der Waals surface area contributed by atoms with Crippen LogP contribution in [-0.2, 0) is 45.9 Å². The van der Waals surface area contributed by atoms with Gasteiger partial charge in [-0.2, -0.15) is 15.5 Å². The van der Waals surface area contributed by atoms with Crippen molar-refractivity contribution in [2.75, 3.05) is 37.1 Å². The van der Waals surface area contributed by atoms with E-state index in [1.54, 1.807) is 48.7 Å². The lowest BCUT2D eigenvalue weighted by Gasteiger charge is -2.41. The summed E-state index contributed by atoms with van der Waals surface area (Å²) in [6.45, 7) is 11.3. The van der Waals surface area contributed by atoms with Crippen molar-refractivity contribution >= 4 is 69.7 Å². The number of aliphatic hydroxyl groups is 1. The molecule has 27 nitrogen and oxygen atoms in total. The molecule has 30 heteroatoms. The summed E-state index contributed by atoms with van der Waals surface area (Å²) < 4.78 is 77.5. The van der Waals surface area contributed by atoms with E-state index in [1.165, 1.54) is 23.5 Å². The average Bonchev–Trinajstić information content (AvgIpc) is 4.11. The summed E-state index contributed by atoms with van der Waals surface area (Å²) in [5, 5.41) is 41.8. The molecule has 8 rings (SSSR count). The van der Waals surface area contributed by atoms with Crippen molar-refractivity contribution in [1.82, 2.24) is 49.2 Å². The summed E-state index contributed by atoms with van der Waals surface area (Å²) in [5.41, 5.74) is -0.229. The number of anilines is 2. The molecular weight excluding hydrogens is 1010 g/mol. The van der Waals surface area contributed by atoms with Crippen LogP contribution < -0.4 is 26.4 Å². The Morgan fingerprint density at radius 2 is 1.47 bits per heavy atom. The van der Waals surface area contributed by atoms with Crippen LogP contribution in [0.2, 0.25) is 18.1 Å². The third kappa shape index (κ3) is 11.5. The van der Waals surface area contributed by atoms with Gasteiger partial charge in [0.1, 0.15) is 30.7 Å². The Hall–Kier alpha value is -5.68. The molecular formula is C43H56N14O13P2Si. The largest absolute Gasteiger partial charge is 0.408 e. The number of nitrogens with one attached hydrogen (secondary N) is 5. The van der Waals surface area contributed by atoms with Crippen molar-refractivity contribution in [2.24, 2.45) is 5.92 Å². The van der Waals surface area contributed by atoms with Gasteiger partial charge in [0.15, 0.2) is 48.9 Å². The van der Waals surface area contributed by atoms with Gasteiger partial charge in [0.2, 0.25) is 11.9 Å². The van der Waals surface area contributed by atoms with Crippen molar-refractivity contribution in [2.45, 2.75) is 115 Å². The molecule has 1 aromatic carbocycles. The Bertz CT molecular complexity index is 3080. The Morgan fingerprint density at radius 3 is 2.08 bits per heavy atom. The van der Waals surface area contributed by atoms with Gasteiger partial charge in [0.25, 0.3) is 11.5 Å². The average molecular weight is 1070 g/mol. The summed E-state index contributed by atoms with van der Waals surface area (Å²) in [6, 6.07) is 9.75. The van der Waals surface area contributed by atoms with Gasteiger partial charge >= 0.3 is 15.5 Å². The summed E-state index contributed by atoms with van der Waals surface area (Å²) in [4.78, 5) is 63.4. The normalized spacial score (nSPS) is 27.9. The Labute approximate surface area is 419 Å². The maximum atomic E-state index is 15.3. The van der Waals surface area contributed by atoms with Gasteiger partial charge in [0, 0.05) is 11.5 Å². The highest BCUT2D eigenvalue weighted by molar-refractivity contribution is 7.52. The molecule has 3 fully saturated rings. The number of fused-ring (bicyclic) bond motifs is 4. The number of H-pyrrole nitrogens is 1. The van der Waals surface area contributed by atoms with Gasteiger partial charge in [-0.25, -0.2) is 39.2 Å². The molecule has 0 aliphatic carbocycles. The number of rotatable bonds is 14. The number of carbonyl (C=O) groups excluding carboxylic acids is 2. The smallest absolute Gasteiger partial charge is 0.406 e. The van der Waals surface area contributed by atoms with Crippen LogP contribution in [0.5, 0.6) is 0 Å². The number of nitriles is 2. The number of ether oxygens (including phenoxy) is 2. The minimum absolute atomic E-state index is 0.0963. The molecule has 6 N–H and O–H groups in total. The zero-order valence-electron chi connectivity index (χ0n) is 40.8. The molecule has 2 amide bonds. The molecule has 0 radical (unpaired) electrons. The Balaban J connectivity index is 1.19. The first-order valence-corrected chi connectivity index (χ1v) is 29.2. The second-order valence-corrected chi connectivity index (χ2v) is 27.4. The van der Waals surface area contributed by atoms with Crippen LogP contribution in [0.3, 0.4) is 0 Å². The number of aromatic amines is 1. The van der Waals surface area contributed by atoms with Crippen LogP contribution in [-0.4, -0.2) is 127 Å². The van der Waals surface area contributed by atoms with Gasteiger partial charge < -0.3 is 24.3 Å². The van der Waals surface area contributed by atoms with Crippen molar-refractivity contribution in [3.63, 3.8) is 0 Å². The van der Waals surface area contributed by atoms with Crippen LogP contribution in [0, 0.1) is 28.6 Å². The highest BCUT2D eigenvalue weighted by atomic mass is 31.2. The van der Waals surface area contributed by atoms with E-state index in [2.05, 4.69) is 50.7 Å². The van der Waals surface area contributed by atoms with Crippen LogP contribution in [0.1, 0.15) is 70.3 Å². The van der Waals surface area contributed by atoms with E-state index in [0.29, 0.717) is 5.56 Å². The highest BCUT2D eigenvalue weighted by Crippen LogP contribution is 2.53. The molecule has 3 aliphatic rings. The van der Waals surface area contributed by atoms with E-state index in [4.69, 9.17) is 32.0 Å². The van der Waals surface area contributed by atoms with E-state index in [1.807, 2.05) is 46.0 Å². The van der Waals surface area contributed by atoms with Crippen molar-refractivity contribution in [3.05, 3.63) is 65.2 Å². The molecule has 0 bridgehead atoms. The van der Waals surface area contributed by atoms with Crippen LogP contribution in [0.4, 0.5) is 11.8 Å². The maximum absolute atomic E-state index is 15.3. The monoisotopic (exact) mass is 1070 g/mol. The summed E-state index contributed by atoms with van der Waals surface area (Å²) >= 11 is 0. The van der Waals surface area contributed by atoms with Gasteiger partial charge in [-0.15, -0.1) is 0 Å². The van der Waals surface area contributed by atoms with Crippen molar-refractivity contribution in [3.8, 4) is 12.1 Å². The van der Waals surface area contributed by atoms with E-state index < -0.39 is 121 Å². The molecule has 3 aliphatic heterocycles. The third-order valence-electron chi connectivity index (χ3n) is 12.7. The fourth-order valence-corrected chi connectivity index (χ4v) is 12.3. The molecule has 0 saturated carbocycles. The molecule has 3 saturated heterocycles. The summed E-state index contributed by atoms with van der Waals surface area (Å²) in [6.07, 6.45) is -4.65. The van der Waals surface area contributed by atoms with E-state index in [9.17, 15) is 30.0 Å². The van der Waals surface area contributed by atoms with Crippen LogP contribution >= 0.6 is 15.5 Å². The minimum atomic E-state index is -4.65. The predicted octanol–water partition coefficient (Wildman–Crippen LogP) is 4.39. The number of carbonyl (C=O) groups is 2. The first-order chi connectivity index (χ1) is 34.6. The Morgan fingerprint density at radius 1 is 0.877 bits per heavy atom. The number of hydrogen-bond acceptors (Lipinski definition) is 20. The van der Waals surface area contributed by atoms with Gasteiger partial charge in [0.05, 0.1) is 76.1 Å². The Kier molecular flexibility index (Phi) is 15.9. The molecule has 390 valence electrons. The molecule has 5 aromatic rings. The van der Waals surface area contributed by atoms with Crippen LogP contribution in [0.15, 0.2) is 54.1 Å². The lowest BCUT2D eigenvalue weighted by Crippen LogP contribution is -2.53. The quantitative estimate of drug-likeness (QED) is 0.0510. The molecule has 7 heterocycles. The van der Waals surface area contributed by atoms with Crippen molar-refractivity contribution in [1.29, 1.82) is 10.5 Å². The standard InChI is InChI=1S/C43H56N14O13P2Si/c1-24(2)37(59)52-42-51-36-31(39(61)53-42)49-23-57(36)40-32(58)28-26(68-40)19-66-72(63,65-18-12-16-45)55-29-27(20-67-71(62,54-28)64-17-11-15-44)69-41(33(29)70-73(6,7)43(3,4)5)56-22-48-30-34(46-21-47-35(30)56)50-38(60)25-13-9-8-10-14-25/h8-10,13-14,21-24,26-29,32-33,40-41,58H,11-12,17-20H2,1-7H3,(H,54,62)(H,55,63)(H,46,47,50,60)(H2,51,52,53,59,61)/t26-,27-,28-,29-,32-,33-,40-,41-,71?,72?/m1/s1. The van der Waals surface area contributed by atoms with Crippen LogP contribution in [0.25, 0.3) is 22.3 Å². The van der Waals surface area contributed by atoms with Gasteiger partial charge in [-0.3, -0.25) is 51.9 Å². The number of hydrogen-bond donors (Lipinski definition) is 6. The summed E-state index contributed by atoms with van der Waals surface area (Å²) in [7, 11) is -12.1.